The van der Waals surface area contributed by atoms with Crippen molar-refractivity contribution in [1.82, 2.24) is 9.62 Å². The van der Waals surface area contributed by atoms with E-state index in [9.17, 15) is 8.42 Å². The summed E-state index contributed by atoms with van der Waals surface area (Å²) in [5, 5.41) is 0.517. The van der Waals surface area contributed by atoms with Gasteiger partial charge in [-0.3, -0.25) is 4.90 Å². The molecule has 6 heteroatoms. The zero-order valence-corrected chi connectivity index (χ0v) is 15.0. The van der Waals surface area contributed by atoms with Crippen molar-refractivity contribution in [2.75, 3.05) is 13.1 Å². The molecule has 3 rings (SSSR count). The average molecular weight is 365 g/mol. The van der Waals surface area contributed by atoms with Gasteiger partial charge in [0, 0.05) is 18.1 Å². The highest BCUT2D eigenvalue weighted by molar-refractivity contribution is 7.89. The minimum atomic E-state index is -3.53. The maximum Gasteiger partial charge on any atom is 0.240 e. The smallest absolute Gasteiger partial charge is 0.240 e. The van der Waals surface area contributed by atoms with Crippen molar-refractivity contribution >= 4 is 21.6 Å². The number of hydrogen-bond acceptors (Lipinski definition) is 3. The van der Waals surface area contributed by atoms with Crippen LogP contribution in [0.15, 0.2) is 53.4 Å². The van der Waals surface area contributed by atoms with E-state index < -0.39 is 10.0 Å². The van der Waals surface area contributed by atoms with Crippen molar-refractivity contribution in [3.8, 4) is 0 Å². The molecular formula is C18H21ClN2O2S. The van der Waals surface area contributed by atoms with Gasteiger partial charge in [-0.2, -0.15) is 0 Å². The van der Waals surface area contributed by atoms with Gasteiger partial charge < -0.3 is 0 Å². The minimum Gasteiger partial charge on any atom is -0.299 e. The molecule has 2 aromatic carbocycles. The summed E-state index contributed by atoms with van der Waals surface area (Å²) in [6, 6.07) is 14.3. The summed E-state index contributed by atoms with van der Waals surface area (Å²) in [6.07, 6.45) is 2.53. The van der Waals surface area contributed by atoms with Crippen molar-refractivity contribution in [3.63, 3.8) is 0 Å². The maximum atomic E-state index is 12.3. The standard InChI is InChI=1S/C18H21ClN2O2S/c19-17-6-8-18(9-7-17)24(22,23)20-13-15-4-3-5-16(12-15)14-21-10-1-2-11-21/h3-9,12,20H,1-2,10-11,13-14H2. The Morgan fingerprint density at radius 3 is 2.38 bits per heavy atom. The molecule has 0 aromatic heterocycles. The average Bonchev–Trinajstić information content (AvgIpc) is 3.07. The molecule has 0 atom stereocenters. The normalized spacial score (nSPS) is 15.7. The fourth-order valence-corrected chi connectivity index (χ4v) is 4.06. The van der Waals surface area contributed by atoms with Gasteiger partial charge in [0.2, 0.25) is 10.0 Å². The second-order valence-electron chi connectivity index (χ2n) is 6.08. The first-order chi connectivity index (χ1) is 11.5. The molecule has 0 bridgehead atoms. The van der Waals surface area contributed by atoms with Crippen LogP contribution in [0.4, 0.5) is 0 Å². The predicted molar refractivity (Wildman–Crippen MR) is 96.4 cm³/mol. The number of hydrogen-bond donors (Lipinski definition) is 1. The Balaban J connectivity index is 1.64. The summed E-state index contributed by atoms with van der Waals surface area (Å²) < 4.78 is 27.3. The molecule has 1 N–H and O–H groups in total. The second-order valence-corrected chi connectivity index (χ2v) is 8.29. The zero-order chi connectivity index (χ0) is 17.0. The molecule has 4 nitrogen and oxygen atoms in total. The molecule has 1 saturated heterocycles. The maximum absolute atomic E-state index is 12.3. The molecule has 1 heterocycles. The van der Waals surface area contributed by atoms with E-state index in [1.165, 1.54) is 30.5 Å². The zero-order valence-electron chi connectivity index (χ0n) is 13.4. The van der Waals surface area contributed by atoms with Gasteiger partial charge in [0.1, 0.15) is 0 Å². The number of nitrogens with zero attached hydrogens (tertiary/aromatic N) is 1. The van der Waals surface area contributed by atoms with Gasteiger partial charge in [0.15, 0.2) is 0 Å². The van der Waals surface area contributed by atoms with Crippen molar-refractivity contribution in [2.24, 2.45) is 0 Å². The fourth-order valence-electron chi connectivity index (χ4n) is 2.91. The predicted octanol–water partition coefficient (Wildman–Crippen LogP) is 3.41. The van der Waals surface area contributed by atoms with E-state index in [0.29, 0.717) is 5.02 Å². The van der Waals surface area contributed by atoms with Crippen LogP contribution in [0.25, 0.3) is 0 Å². The third kappa shape index (κ3) is 4.57. The Kier molecular flexibility index (Phi) is 5.56. The summed E-state index contributed by atoms with van der Waals surface area (Å²) in [4.78, 5) is 2.65. The van der Waals surface area contributed by atoms with Crippen LogP contribution < -0.4 is 4.72 Å². The first-order valence-corrected chi connectivity index (χ1v) is 9.94. The van der Waals surface area contributed by atoms with Crippen LogP contribution >= 0.6 is 11.6 Å². The van der Waals surface area contributed by atoms with Crippen LogP contribution in [0.3, 0.4) is 0 Å². The lowest BCUT2D eigenvalue weighted by Gasteiger charge is -2.15. The van der Waals surface area contributed by atoms with Gasteiger partial charge in [0.05, 0.1) is 4.90 Å². The lowest BCUT2D eigenvalue weighted by molar-refractivity contribution is 0.331. The molecule has 1 fully saturated rings. The van der Waals surface area contributed by atoms with Crippen molar-refractivity contribution in [1.29, 1.82) is 0 Å². The monoisotopic (exact) mass is 364 g/mol. The molecule has 0 unspecified atom stereocenters. The first-order valence-electron chi connectivity index (χ1n) is 8.08. The largest absolute Gasteiger partial charge is 0.299 e. The highest BCUT2D eigenvalue weighted by atomic mass is 35.5. The van der Waals surface area contributed by atoms with Crippen molar-refractivity contribution in [3.05, 3.63) is 64.7 Å². The van der Waals surface area contributed by atoms with E-state index in [0.717, 1.165) is 25.2 Å². The number of rotatable bonds is 6. The topological polar surface area (TPSA) is 49.4 Å². The van der Waals surface area contributed by atoms with Crippen LogP contribution in [0.5, 0.6) is 0 Å². The summed E-state index contributed by atoms with van der Waals surface area (Å²) in [5.74, 6) is 0. The van der Waals surface area contributed by atoms with Gasteiger partial charge in [-0.15, -0.1) is 0 Å². The van der Waals surface area contributed by atoms with E-state index in [4.69, 9.17) is 11.6 Å². The van der Waals surface area contributed by atoms with E-state index >= 15 is 0 Å². The van der Waals surface area contributed by atoms with Crippen LogP contribution in [0, 0.1) is 0 Å². The molecule has 0 amide bonds. The molecule has 1 aliphatic heterocycles. The molecule has 0 aliphatic carbocycles. The summed E-state index contributed by atoms with van der Waals surface area (Å²) >= 11 is 5.80. The van der Waals surface area contributed by atoms with Crippen LogP contribution in [0.1, 0.15) is 24.0 Å². The Bertz CT molecular complexity index is 785. The van der Waals surface area contributed by atoms with E-state index in [1.54, 1.807) is 12.1 Å². The van der Waals surface area contributed by atoms with Crippen molar-refractivity contribution < 1.29 is 8.42 Å². The Hall–Kier alpha value is -1.40. The number of likely N-dealkylation sites (tertiary alicyclic amines) is 1. The molecule has 128 valence electrons. The number of benzene rings is 2. The second kappa shape index (κ2) is 7.66. The fraction of sp³-hybridized carbons (Fsp3) is 0.333. The van der Waals surface area contributed by atoms with E-state index in [-0.39, 0.29) is 11.4 Å². The number of nitrogens with one attached hydrogen (secondary N) is 1. The van der Waals surface area contributed by atoms with E-state index in [2.05, 4.69) is 21.8 Å². The lowest BCUT2D eigenvalue weighted by Crippen LogP contribution is -2.23. The number of sulfonamides is 1. The summed E-state index contributed by atoms with van der Waals surface area (Å²) in [6.45, 7) is 3.50. The minimum absolute atomic E-state index is 0.222. The number of halogens is 1. The summed E-state index contributed by atoms with van der Waals surface area (Å²) in [5.41, 5.74) is 2.18. The van der Waals surface area contributed by atoms with Gasteiger partial charge in [-0.1, -0.05) is 35.9 Å². The first kappa shape index (κ1) is 17.4. The Morgan fingerprint density at radius 1 is 1.00 bits per heavy atom. The van der Waals surface area contributed by atoms with Crippen molar-refractivity contribution in [2.45, 2.75) is 30.8 Å². The third-order valence-corrected chi connectivity index (χ3v) is 5.86. The van der Waals surface area contributed by atoms with Crippen LogP contribution in [-0.2, 0) is 23.1 Å². The molecule has 0 radical (unpaired) electrons. The summed E-state index contributed by atoms with van der Waals surface area (Å²) in [7, 11) is -3.53. The Labute approximate surface area is 148 Å². The van der Waals surface area contributed by atoms with Gasteiger partial charge in [-0.05, 0) is 61.3 Å². The highest BCUT2D eigenvalue weighted by Gasteiger charge is 2.14. The van der Waals surface area contributed by atoms with Gasteiger partial charge in [-0.25, -0.2) is 13.1 Å². The SMILES string of the molecule is O=S(=O)(NCc1cccc(CN2CCCC2)c1)c1ccc(Cl)cc1. The van der Waals surface area contributed by atoms with Crippen LogP contribution in [-0.4, -0.2) is 26.4 Å². The molecule has 0 spiro atoms. The molecule has 0 saturated carbocycles. The van der Waals surface area contributed by atoms with Gasteiger partial charge >= 0.3 is 0 Å². The molecular weight excluding hydrogens is 344 g/mol. The molecule has 1 aliphatic rings. The van der Waals surface area contributed by atoms with E-state index in [1.807, 2.05) is 12.1 Å². The lowest BCUT2D eigenvalue weighted by atomic mass is 10.1. The van der Waals surface area contributed by atoms with Gasteiger partial charge in [0.25, 0.3) is 0 Å². The highest BCUT2D eigenvalue weighted by Crippen LogP contribution is 2.16. The third-order valence-electron chi connectivity index (χ3n) is 4.19. The van der Waals surface area contributed by atoms with Crippen LogP contribution in [0.2, 0.25) is 5.02 Å². The quantitative estimate of drug-likeness (QED) is 0.854. The Morgan fingerprint density at radius 2 is 1.67 bits per heavy atom. The molecule has 2 aromatic rings. The molecule has 24 heavy (non-hydrogen) atoms.